The van der Waals surface area contributed by atoms with Gasteiger partial charge in [-0.05, 0) is 36.8 Å². The summed E-state index contributed by atoms with van der Waals surface area (Å²) in [6, 6.07) is 3.20. The Morgan fingerprint density at radius 2 is 1.81 bits per heavy atom. The number of benzene rings is 1. The second-order valence-corrected chi connectivity index (χ2v) is 16.5. The minimum absolute atomic E-state index is 0.0268. The van der Waals surface area contributed by atoms with Crippen LogP contribution in [0.5, 0.6) is 5.75 Å². The topological polar surface area (TPSA) is 75.7 Å². The molecule has 1 fully saturated rings. The van der Waals surface area contributed by atoms with Gasteiger partial charge < -0.3 is 5.11 Å². The van der Waals surface area contributed by atoms with Crippen molar-refractivity contribution < 1.29 is 30.9 Å². The van der Waals surface area contributed by atoms with Gasteiger partial charge in [-0.1, -0.05) is 26.6 Å². The number of phenolic OH excluding ortho intramolecular Hbond substituents is 1. The summed E-state index contributed by atoms with van der Waals surface area (Å²) in [6.45, 7) is 8.45. The van der Waals surface area contributed by atoms with Gasteiger partial charge in [-0.3, -0.25) is 15.1 Å². The number of aliphatic imine (C=N–C) groups is 1. The molecule has 0 saturated heterocycles. The van der Waals surface area contributed by atoms with Gasteiger partial charge in [0.2, 0.25) is 0 Å². The summed E-state index contributed by atoms with van der Waals surface area (Å²) in [5.41, 5.74) is 0.495. The number of nitrogens with zero attached hydrogens (tertiary/aromatic N) is 2. The number of nitro benzene ring substituents is 1. The third kappa shape index (κ3) is 7.41. The number of rotatable bonds is 4. The molecule has 1 aliphatic carbocycles. The second-order valence-electron chi connectivity index (χ2n) is 7.70. The van der Waals surface area contributed by atoms with Crippen LogP contribution in [0, 0.1) is 16.0 Å². The first kappa shape index (κ1) is 23.8. The molecular weight excluding hydrogens is 470 g/mol. The van der Waals surface area contributed by atoms with Gasteiger partial charge in [-0.25, -0.2) is 0 Å². The van der Waals surface area contributed by atoms with E-state index in [-0.39, 0.29) is 17.5 Å². The molecule has 0 unspecified atom stereocenters. The van der Waals surface area contributed by atoms with Crippen molar-refractivity contribution in [2.45, 2.75) is 58.3 Å². The van der Waals surface area contributed by atoms with E-state index < -0.39 is 33.8 Å². The zero-order chi connectivity index (χ0) is 19.9. The Labute approximate surface area is 175 Å². The van der Waals surface area contributed by atoms with Crippen LogP contribution in [-0.2, 0) is 20.8 Å². The summed E-state index contributed by atoms with van der Waals surface area (Å²) in [7, 11) is 7.99. The van der Waals surface area contributed by atoms with E-state index >= 15 is 0 Å². The number of halogens is 2. The van der Waals surface area contributed by atoms with Gasteiger partial charge >= 0.3 is 37.9 Å². The first-order chi connectivity index (χ1) is 12.1. The molecule has 0 amide bonds. The van der Waals surface area contributed by atoms with Gasteiger partial charge in [-0.2, -0.15) is 0 Å². The predicted octanol–water partition coefficient (Wildman–Crippen LogP) is 5.22. The molecule has 26 heavy (non-hydrogen) atoms. The van der Waals surface area contributed by atoms with Crippen molar-refractivity contribution in [3.63, 3.8) is 0 Å². The minimum atomic E-state index is -1.88. The third-order valence-corrected chi connectivity index (χ3v) is 6.55. The Hall–Kier alpha value is -0.230. The maximum atomic E-state index is 11.2. The molecule has 0 aromatic heterocycles. The second kappa shape index (κ2) is 10.9. The molecule has 1 aliphatic rings. The summed E-state index contributed by atoms with van der Waals surface area (Å²) < 4.78 is 0. The van der Waals surface area contributed by atoms with Crippen LogP contribution in [0.1, 0.15) is 38.2 Å². The molecule has 9 heteroatoms. The van der Waals surface area contributed by atoms with Gasteiger partial charge in [-0.15, -0.1) is 0 Å². The van der Waals surface area contributed by atoms with Crippen LogP contribution in [0.2, 0.25) is 19.6 Å². The van der Waals surface area contributed by atoms with E-state index in [2.05, 4.69) is 31.6 Å². The average Bonchev–Trinajstić information content (AvgIpc) is 2.54. The van der Waals surface area contributed by atoms with Crippen molar-refractivity contribution in [3.8, 4) is 5.75 Å². The van der Waals surface area contributed by atoms with Gasteiger partial charge in [0.25, 0.3) is 5.69 Å². The zero-order valence-electron chi connectivity index (χ0n) is 15.6. The fourth-order valence-corrected chi connectivity index (χ4v) is 4.43. The van der Waals surface area contributed by atoms with Crippen LogP contribution in [0.3, 0.4) is 0 Å². The van der Waals surface area contributed by atoms with Crippen LogP contribution in [0.25, 0.3) is 0 Å². The third-order valence-electron chi connectivity index (χ3n) is 4.55. The van der Waals surface area contributed by atoms with E-state index in [1.54, 1.807) is 6.21 Å². The summed E-state index contributed by atoms with van der Waals surface area (Å²) >= 11 is -0.826. The van der Waals surface area contributed by atoms with Crippen molar-refractivity contribution >= 4 is 42.2 Å². The van der Waals surface area contributed by atoms with Crippen molar-refractivity contribution in [1.82, 2.24) is 0 Å². The van der Waals surface area contributed by atoms with Crippen LogP contribution in [-0.4, -0.2) is 30.4 Å². The Morgan fingerprint density at radius 1 is 1.27 bits per heavy atom. The number of hydrogen-bond donors (Lipinski definition) is 1. The number of nitro groups is 1. The molecule has 144 valence electrons. The Balaban J connectivity index is 0.00000105. The van der Waals surface area contributed by atoms with Gasteiger partial charge in [0, 0.05) is 30.0 Å². The molecule has 1 aromatic carbocycles. The number of hydrogen-bond acceptors (Lipinski definition) is 4. The van der Waals surface area contributed by atoms with E-state index in [0.717, 1.165) is 18.8 Å². The molecule has 0 bridgehead atoms. The van der Waals surface area contributed by atoms with Crippen molar-refractivity contribution in [3.05, 3.63) is 27.8 Å². The first-order valence-electron chi connectivity index (χ1n) is 8.61. The van der Waals surface area contributed by atoms with Gasteiger partial charge in [0.1, 0.15) is 5.75 Å². The van der Waals surface area contributed by atoms with Crippen LogP contribution in [0.4, 0.5) is 5.69 Å². The molecule has 5 nitrogen and oxygen atoms in total. The molecule has 0 heterocycles. The van der Waals surface area contributed by atoms with E-state index in [1.807, 2.05) is 0 Å². The quantitative estimate of drug-likeness (QED) is 0.269. The zero-order valence-corrected chi connectivity index (χ0v) is 20.6. The van der Waals surface area contributed by atoms with Crippen molar-refractivity contribution in [1.29, 1.82) is 0 Å². The fraction of sp³-hybridized carbons (Fsp3) is 0.588. The standard InChI is InChI=1S/C17H26N2O3Si.2ClH.Zr/c1-12-5-7-14(8-6-12)18-11-13-9-15(19(21)22)10-16(17(13)20)23(2,3)4;;;/h9-12,14,20H,5-8H2,1-4H3;2*1H;/q;;;+2/p-2. The van der Waals surface area contributed by atoms with E-state index in [4.69, 9.17) is 17.0 Å². The molecular formula is C17H26Cl2N2O3SiZr. The predicted molar refractivity (Wildman–Crippen MR) is 108 cm³/mol. The molecule has 0 atom stereocenters. The average molecular weight is 497 g/mol. The first-order valence-corrected chi connectivity index (χ1v) is 18.4. The van der Waals surface area contributed by atoms with E-state index in [1.165, 1.54) is 25.0 Å². The van der Waals surface area contributed by atoms with Crippen LogP contribution < -0.4 is 5.19 Å². The van der Waals surface area contributed by atoms with E-state index in [0.29, 0.717) is 10.8 Å². The Bertz CT molecular complexity index is 646. The monoisotopic (exact) mass is 494 g/mol. The normalized spacial score (nSPS) is 20.4. The summed E-state index contributed by atoms with van der Waals surface area (Å²) in [5.74, 6) is 0.911. The summed E-state index contributed by atoms with van der Waals surface area (Å²) in [5, 5.41) is 22.4. The molecule has 0 spiro atoms. The Kier molecular flexibility index (Phi) is 10.0. The molecule has 0 radical (unpaired) electrons. The number of phenols is 1. The molecule has 0 aliphatic heterocycles. The molecule has 1 N–H and O–H groups in total. The SMILES string of the molecule is CC1CCC(N=Cc2cc([N+](=O)[O-])cc([Si](C)(C)C)c2O)CC1.[Cl][Zr][Cl]. The van der Waals surface area contributed by atoms with Crippen molar-refractivity contribution in [2.75, 3.05) is 0 Å². The summed E-state index contributed by atoms with van der Waals surface area (Å²) in [6.07, 6.45) is 6.07. The van der Waals surface area contributed by atoms with Gasteiger partial charge in [0.05, 0.1) is 13.0 Å². The Morgan fingerprint density at radius 3 is 2.27 bits per heavy atom. The molecule has 2 rings (SSSR count). The fourth-order valence-electron chi connectivity index (χ4n) is 2.99. The number of aromatic hydroxyl groups is 1. The maximum absolute atomic E-state index is 11.2. The van der Waals surface area contributed by atoms with Crippen LogP contribution >= 0.6 is 17.0 Å². The number of non-ortho nitro benzene ring substituents is 1. The van der Waals surface area contributed by atoms with Crippen molar-refractivity contribution in [2.24, 2.45) is 10.9 Å². The summed E-state index contributed by atoms with van der Waals surface area (Å²) in [4.78, 5) is 15.4. The van der Waals surface area contributed by atoms with E-state index in [9.17, 15) is 15.2 Å². The molecule has 1 saturated carbocycles. The molecule has 1 aromatic rings. The van der Waals surface area contributed by atoms with Gasteiger partial charge in [0.15, 0.2) is 0 Å². The van der Waals surface area contributed by atoms with Crippen LogP contribution in [0.15, 0.2) is 17.1 Å².